The molecular weight excluding hydrogens is 240 g/mol. The van der Waals surface area contributed by atoms with Gasteiger partial charge in [0.15, 0.2) is 0 Å². The highest BCUT2D eigenvalue weighted by Crippen LogP contribution is 2.26. The number of aromatic nitrogens is 3. The number of nitrogens with zero attached hydrogens (tertiary/aromatic N) is 3. The van der Waals surface area contributed by atoms with E-state index in [9.17, 15) is 0 Å². The number of rotatable bonds is 7. The van der Waals surface area contributed by atoms with Crippen molar-refractivity contribution in [1.29, 1.82) is 0 Å². The van der Waals surface area contributed by atoms with Crippen molar-refractivity contribution in [3.63, 3.8) is 0 Å². The molecule has 0 saturated carbocycles. The minimum atomic E-state index is 0.0857. The highest BCUT2D eigenvalue weighted by Gasteiger charge is 2.32. The molecule has 0 aliphatic rings. The van der Waals surface area contributed by atoms with E-state index in [-0.39, 0.29) is 17.6 Å². The first-order valence-corrected chi connectivity index (χ1v) is 6.99. The second-order valence-electron chi connectivity index (χ2n) is 6.17. The average molecular weight is 268 g/mol. The van der Waals surface area contributed by atoms with Crippen molar-refractivity contribution >= 4 is 0 Å². The standard InChI is InChI=1S/C14H28N4O/c1-7-8-15-12(13(19-6)14(2,3)4)9-11-10-18(5)17-16-11/h10,12-13,15H,7-9H2,1-6H3. The van der Waals surface area contributed by atoms with E-state index in [2.05, 4.69) is 43.3 Å². The van der Waals surface area contributed by atoms with Gasteiger partial charge in [-0.25, -0.2) is 0 Å². The van der Waals surface area contributed by atoms with E-state index < -0.39 is 0 Å². The topological polar surface area (TPSA) is 52.0 Å². The molecule has 19 heavy (non-hydrogen) atoms. The molecule has 0 aliphatic carbocycles. The highest BCUT2D eigenvalue weighted by molar-refractivity contribution is 4.99. The van der Waals surface area contributed by atoms with Gasteiger partial charge < -0.3 is 10.1 Å². The van der Waals surface area contributed by atoms with Crippen molar-refractivity contribution in [2.24, 2.45) is 12.5 Å². The SMILES string of the molecule is CCCNC(Cc1cn(C)nn1)C(OC)C(C)(C)C. The third-order valence-electron chi connectivity index (χ3n) is 3.21. The van der Waals surface area contributed by atoms with E-state index in [0.717, 1.165) is 25.1 Å². The molecule has 110 valence electrons. The maximum Gasteiger partial charge on any atom is 0.0843 e. The predicted molar refractivity (Wildman–Crippen MR) is 77.0 cm³/mol. The predicted octanol–water partition coefficient (Wildman–Crippen LogP) is 1.79. The summed E-state index contributed by atoms with van der Waals surface area (Å²) in [5.74, 6) is 0. The van der Waals surface area contributed by atoms with Crippen molar-refractivity contribution < 1.29 is 4.74 Å². The van der Waals surface area contributed by atoms with Gasteiger partial charge in [0.2, 0.25) is 0 Å². The molecule has 1 aromatic rings. The molecular formula is C14H28N4O. The van der Waals surface area contributed by atoms with Crippen molar-refractivity contribution in [2.45, 2.75) is 52.7 Å². The van der Waals surface area contributed by atoms with Crippen LogP contribution in [0.5, 0.6) is 0 Å². The number of ether oxygens (including phenoxy) is 1. The number of methoxy groups -OCH3 is 1. The quantitative estimate of drug-likeness (QED) is 0.819. The van der Waals surface area contributed by atoms with Gasteiger partial charge in [0, 0.05) is 32.8 Å². The molecule has 5 heteroatoms. The number of hydrogen-bond acceptors (Lipinski definition) is 4. The van der Waals surface area contributed by atoms with Crippen molar-refractivity contribution in [3.8, 4) is 0 Å². The van der Waals surface area contributed by atoms with E-state index in [1.807, 2.05) is 13.2 Å². The summed E-state index contributed by atoms with van der Waals surface area (Å²) in [6, 6.07) is 0.252. The van der Waals surface area contributed by atoms with Gasteiger partial charge in [0.05, 0.1) is 11.8 Å². The molecule has 0 bridgehead atoms. The van der Waals surface area contributed by atoms with Crippen LogP contribution in [0.25, 0.3) is 0 Å². The maximum atomic E-state index is 5.74. The molecule has 0 radical (unpaired) electrons. The van der Waals surface area contributed by atoms with Crippen molar-refractivity contribution in [2.75, 3.05) is 13.7 Å². The molecule has 5 nitrogen and oxygen atoms in total. The van der Waals surface area contributed by atoms with Gasteiger partial charge in [-0.15, -0.1) is 5.10 Å². The lowest BCUT2D eigenvalue weighted by Crippen LogP contribution is -2.49. The van der Waals surface area contributed by atoms with E-state index in [1.54, 1.807) is 11.8 Å². The van der Waals surface area contributed by atoms with E-state index in [4.69, 9.17) is 4.74 Å². The third-order valence-corrected chi connectivity index (χ3v) is 3.21. The Bertz CT molecular complexity index is 370. The van der Waals surface area contributed by atoms with Gasteiger partial charge in [-0.3, -0.25) is 4.68 Å². The zero-order valence-electron chi connectivity index (χ0n) is 13.1. The van der Waals surface area contributed by atoms with Crippen LogP contribution in [0.1, 0.15) is 39.8 Å². The fourth-order valence-electron chi connectivity index (χ4n) is 2.45. The van der Waals surface area contributed by atoms with Gasteiger partial charge in [-0.2, -0.15) is 0 Å². The number of nitrogens with one attached hydrogen (secondary N) is 1. The zero-order valence-corrected chi connectivity index (χ0v) is 13.1. The van der Waals surface area contributed by atoms with Crippen molar-refractivity contribution in [3.05, 3.63) is 11.9 Å². The number of hydrogen-bond donors (Lipinski definition) is 1. The Balaban J connectivity index is 2.80. The largest absolute Gasteiger partial charge is 0.379 e. The van der Waals surface area contributed by atoms with Crippen molar-refractivity contribution in [1.82, 2.24) is 20.3 Å². The Labute approximate surface area is 116 Å². The second kappa shape index (κ2) is 7.01. The van der Waals surface area contributed by atoms with Crippen LogP contribution in [0.3, 0.4) is 0 Å². The molecule has 1 aromatic heterocycles. The Kier molecular flexibility index (Phi) is 5.94. The van der Waals surface area contributed by atoms with E-state index in [1.165, 1.54) is 0 Å². The summed E-state index contributed by atoms with van der Waals surface area (Å²) >= 11 is 0. The first-order valence-electron chi connectivity index (χ1n) is 6.99. The summed E-state index contributed by atoms with van der Waals surface area (Å²) in [7, 11) is 3.68. The monoisotopic (exact) mass is 268 g/mol. The summed E-state index contributed by atoms with van der Waals surface area (Å²) in [5.41, 5.74) is 1.09. The summed E-state index contributed by atoms with van der Waals surface area (Å²) in [5, 5.41) is 11.8. The second-order valence-corrected chi connectivity index (χ2v) is 6.17. The molecule has 0 spiro atoms. The molecule has 0 fully saturated rings. The maximum absolute atomic E-state index is 5.74. The van der Waals surface area contributed by atoms with Crippen LogP contribution in [-0.4, -0.2) is 40.8 Å². The van der Waals surface area contributed by atoms with Crippen LogP contribution in [0.15, 0.2) is 6.20 Å². The molecule has 1 N–H and O–H groups in total. The minimum Gasteiger partial charge on any atom is -0.379 e. The van der Waals surface area contributed by atoms with Crippen LogP contribution in [0.2, 0.25) is 0 Å². The summed E-state index contributed by atoms with van der Waals surface area (Å²) < 4.78 is 7.48. The fraction of sp³-hybridized carbons (Fsp3) is 0.857. The Morgan fingerprint density at radius 2 is 2.11 bits per heavy atom. The summed E-state index contributed by atoms with van der Waals surface area (Å²) in [4.78, 5) is 0. The average Bonchev–Trinajstić information content (AvgIpc) is 2.70. The van der Waals surface area contributed by atoms with Gasteiger partial charge in [-0.1, -0.05) is 32.9 Å². The zero-order chi connectivity index (χ0) is 14.5. The van der Waals surface area contributed by atoms with E-state index in [0.29, 0.717) is 0 Å². The molecule has 0 saturated heterocycles. The molecule has 1 rings (SSSR count). The Hall–Kier alpha value is -0.940. The Morgan fingerprint density at radius 3 is 2.53 bits per heavy atom. The molecule has 0 aromatic carbocycles. The smallest absolute Gasteiger partial charge is 0.0843 e. The van der Waals surface area contributed by atoms with E-state index >= 15 is 0 Å². The molecule has 0 amide bonds. The van der Waals surface area contributed by atoms with Gasteiger partial charge >= 0.3 is 0 Å². The Morgan fingerprint density at radius 1 is 1.42 bits per heavy atom. The van der Waals surface area contributed by atoms with Gasteiger partial charge in [0.1, 0.15) is 0 Å². The normalized spacial score (nSPS) is 15.5. The minimum absolute atomic E-state index is 0.0857. The molecule has 2 unspecified atom stereocenters. The first kappa shape index (κ1) is 16.1. The molecule has 2 atom stereocenters. The van der Waals surface area contributed by atoms with Crippen LogP contribution >= 0.6 is 0 Å². The first-order chi connectivity index (χ1) is 8.88. The third kappa shape index (κ3) is 4.91. The summed E-state index contributed by atoms with van der Waals surface area (Å²) in [6.07, 6.45) is 4.05. The number of aryl methyl sites for hydroxylation is 1. The van der Waals surface area contributed by atoms with Crippen LogP contribution in [0, 0.1) is 5.41 Å². The van der Waals surface area contributed by atoms with Gasteiger partial charge in [-0.05, 0) is 18.4 Å². The summed E-state index contributed by atoms with van der Waals surface area (Å²) in [6.45, 7) is 9.78. The van der Waals surface area contributed by atoms with Crippen LogP contribution in [-0.2, 0) is 18.2 Å². The molecule has 0 aliphatic heterocycles. The lowest BCUT2D eigenvalue weighted by Gasteiger charge is -2.36. The lowest BCUT2D eigenvalue weighted by molar-refractivity contribution is -0.0111. The molecule has 1 heterocycles. The van der Waals surface area contributed by atoms with Gasteiger partial charge in [0.25, 0.3) is 0 Å². The lowest BCUT2D eigenvalue weighted by atomic mass is 9.83. The highest BCUT2D eigenvalue weighted by atomic mass is 16.5. The van der Waals surface area contributed by atoms with Crippen LogP contribution in [0.4, 0.5) is 0 Å². The fourth-order valence-corrected chi connectivity index (χ4v) is 2.45. The van der Waals surface area contributed by atoms with Crippen LogP contribution < -0.4 is 5.32 Å².